The van der Waals surface area contributed by atoms with Crippen LogP contribution in [0.2, 0.25) is 0 Å². The molecule has 1 fully saturated rings. The predicted octanol–water partition coefficient (Wildman–Crippen LogP) is 0.876. The van der Waals surface area contributed by atoms with E-state index in [4.69, 9.17) is 0 Å². The number of rotatable bonds is 4. The Hall–Kier alpha value is -2.22. The van der Waals surface area contributed by atoms with Crippen LogP contribution < -0.4 is 5.32 Å². The first-order valence-corrected chi connectivity index (χ1v) is 9.20. The van der Waals surface area contributed by atoms with Gasteiger partial charge in [-0.3, -0.25) is 14.5 Å². The van der Waals surface area contributed by atoms with Crippen LogP contribution in [0.3, 0.4) is 0 Å². The van der Waals surface area contributed by atoms with E-state index < -0.39 is 9.84 Å². The summed E-state index contributed by atoms with van der Waals surface area (Å²) in [6.45, 7) is 2.20. The van der Waals surface area contributed by atoms with Gasteiger partial charge in [-0.15, -0.1) is 0 Å². The summed E-state index contributed by atoms with van der Waals surface area (Å²) in [4.78, 5) is 16.2. The number of carbonyl (C=O) groups is 1. The topological polar surface area (TPSA) is 93.9 Å². The van der Waals surface area contributed by atoms with E-state index in [-0.39, 0.29) is 23.5 Å². The number of nitrogens with zero attached hydrogens (tertiary/aromatic N) is 3. The van der Waals surface area contributed by atoms with Gasteiger partial charge in [-0.25, -0.2) is 8.42 Å². The molecule has 0 bridgehead atoms. The van der Waals surface area contributed by atoms with Gasteiger partial charge in [0.15, 0.2) is 9.84 Å². The van der Waals surface area contributed by atoms with Crippen LogP contribution in [-0.4, -0.2) is 40.6 Å². The summed E-state index contributed by atoms with van der Waals surface area (Å²) in [5, 5.41) is 7.06. The van der Waals surface area contributed by atoms with Crippen molar-refractivity contribution in [1.29, 1.82) is 0 Å². The largest absolute Gasteiger partial charge is 0.348 e. The van der Waals surface area contributed by atoms with Gasteiger partial charge in [0.25, 0.3) is 5.91 Å². The van der Waals surface area contributed by atoms with Crippen LogP contribution in [0.4, 0.5) is 0 Å². The summed E-state index contributed by atoms with van der Waals surface area (Å²) in [6, 6.07) is 3.49. The van der Waals surface area contributed by atoms with Gasteiger partial charge in [0.1, 0.15) is 0 Å². The minimum absolute atomic E-state index is 0.0909. The molecule has 1 atom stereocenters. The average Bonchev–Trinajstić information content (AvgIpc) is 3.08. The highest BCUT2D eigenvalue weighted by Gasteiger charge is 2.31. The van der Waals surface area contributed by atoms with Crippen molar-refractivity contribution in [2.75, 3.05) is 11.5 Å². The molecule has 8 heteroatoms. The number of aromatic nitrogens is 3. The second-order valence-corrected chi connectivity index (χ2v) is 7.91. The smallest absolute Gasteiger partial charge is 0.255 e. The second kappa shape index (κ2) is 6.11. The Balaban J connectivity index is 1.70. The molecule has 0 radical (unpaired) electrons. The zero-order chi connectivity index (χ0) is 16.4. The van der Waals surface area contributed by atoms with E-state index in [1.807, 2.05) is 12.1 Å². The fourth-order valence-corrected chi connectivity index (χ4v) is 4.45. The van der Waals surface area contributed by atoms with E-state index >= 15 is 0 Å². The Bertz CT molecular complexity index is 815. The summed E-state index contributed by atoms with van der Waals surface area (Å²) in [5.41, 5.74) is 2.13. The van der Waals surface area contributed by atoms with E-state index in [1.54, 1.807) is 24.0 Å². The maximum Gasteiger partial charge on any atom is 0.255 e. The molecule has 0 saturated carbocycles. The van der Waals surface area contributed by atoms with Crippen molar-refractivity contribution < 1.29 is 13.2 Å². The van der Waals surface area contributed by atoms with Crippen LogP contribution in [0.15, 0.2) is 30.7 Å². The number of carbonyl (C=O) groups excluding carboxylic acids is 1. The highest BCUT2D eigenvalue weighted by Crippen LogP contribution is 2.25. The van der Waals surface area contributed by atoms with Crippen LogP contribution in [-0.2, 0) is 16.4 Å². The van der Waals surface area contributed by atoms with E-state index in [1.165, 1.54) is 6.20 Å². The molecule has 23 heavy (non-hydrogen) atoms. The Kier molecular flexibility index (Phi) is 4.16. The first-order valence-electron chi connectivity index (χ1n) is 7.38. The van der Waals surface area contributed by atoms with Gasteiger partial charge in [-0.05, 0) is 31.0 Å². The molecule has 122 valence electrons. The maximum absolute atomic E-state index is 12.3. The summed E-state index contributed by atoms with van der Waals surface area (Å²) in [7, 11) is -2.98. The molecule has 3 rings (SSSR count). The number of sulfone groups is 1. The minimum Gasteiger partial charge on any atom is -0.348 e. The lowest BCUT2D eigenvalue weighted by atomic mass is 10.2. The summed E-state index contributed by atoms with van der Waals surface area (Å²) in [6.07, 6.45) is 5.39. The first kappa shape index (κ1) is 15.7. The van der Waals surface area contributed by atoms with E-state index in [2.05, 4.69) is 15.4 Å². The number of hydrogen-bond acceptors (Lipinski definition) is 5. The predicted molar refractivity (Wildman–Crippen MR) is 84.7 cm³/mol. The van der Waals surface area contributed by atoms with Crippen molar-refractivity contribution in [2.45, 2.75) is 25.9 Å². The van der Waals surface area contributed by atoms with Crippen molar-refractivity contribution >= 4 is 15.7 Å². The van der Waals surface area contributed by atoms with Crippen LogP contribution >= 0.6 is 0 Å². The van der Waals surface area contributed by atoms with Gasteiger partial charge in [-0.2, -0.15) is 5.10 Å². The molecule has 0 aliphatic carbocycles. The van der Waals surface area contributed by atoms with Crippen LogP contribution in [0.25, 0.3) is 0 Å². The van der Waals surface area contributed by atoms with E-state index in [9.17, 15) is 13.2 Å². The molecule has 1 aliphatic rings. The maximum atomic E-state index is 12.3. The molecule has 7 nitrogen and oxygen atoms in total. The monoisotopic (exact) mass is 334 g/mol. The van der Waals surface area contributed by atoms with Crippen molar-refractivity contribution in [2.24, 2.45) is 0 Å². The highest BCUT2D eigenvalue weighted by molar-refractivity contribution is 7.91. The average molecular weight is 334 g/mol. The van der Waals surface area contributed by atoms with E-state index in [0.29, 0.717) is 24.2 Å². The lowest BCUT2D eigenvalue weighted by molar-refractivity contribution is 0.0950. The summed E-state index contributed by atoms with van der Waals surface area (Å²) in [5.74, 6) is 0.0557. The van der Waals surface area contributed by atoms with Crippen molar-refractivity contribution in [1.82, 2.24) is 20.1 Å². The zero-order valence-electron chi connectivity index (χ0n) is 12.8. The molecule has 2 aromatic heterocycles. The van der Waals surface area contributed by atoms with Crippen LogP contribution in [0, 0.1) is 6.92 Å². The molecule has 0 spiro atoms. The number of nitrogens with one attached hydrogen (secondary N) is 1. The van der Waals surface area contributed by atoms with Crippen LogP contribution in [0.5, 0.6) is 0 Å². The molecule has 1 saturated heterocycles. The molecular weight excluding hydrogens is 316 g/mol. The molecule has 1 amide bonds. The molecule has 1 N–H and O–H groups in total. The lowest BCUT2D eigenvalue weighted by Crippen LogP contribution is -2.23. The zero-order valence-corrected chi connectivity index (χ0v) is 13.6. The van der Waals surface area contributed by atoms with Crippen molar-refractivity contribution in [3.8, 4) is 0 Å². The summed E-state index contributed by atoms with van der Waals surface area (Å²) < 4.78 is 24.9. The van der Waals surface area contributed by atoms with Gasteiger partial charge in [0.2, 0.25) is 0 Å². The van der Waals surface area contributed by atoms with Crippen molar-refractivity contribution in [3.63, 3.8) is 0 Å². The van der Waals surface area contributed by atoms with Crippen LogP contribution in [0.1, 0.15) is 34.1 Å². The standard InChI is InChI=1S/C15H18N4O3S/c1-11-14(15(20)17-8-12-2-5-16-6-3-12)9-18-19(11)13-4-7-23(21,22)10-13/h2-3,5-6,9,13H,4,7-8,10H2,1H3,(H,17,20). The third kappa shape index (κ3) is 3.42. The Morgan fingerprint density at radius 2 is 2.13 bits per heavy atom. The first-order chi connectivity index (χ1) is 11.0. The highest BCUT2D eigenvalue weighted by atomic mass is 32.2. The molecule has 1 aliphatic heterocycles. The lowest BCUT2D eigenvalue weighted by Gasteiger charge is -2.11. The Morgan fingerprint density at radius 1 is 1.39 bits per heavy atom. The van der Waals surface area contributed by atoms with Gasteiger partial charge in [0.05, 0.1) is 29.3 Å². The number of hydrogen-bond donors (Lipinski definition) is 1. The molecular formula is C15H18N4O3S. The molecule has 1 unspecified atom stereocenters. The minimum atomic E-state index is -2.98. The Labute approximate surface area is 134 Å². The van der Waals surface area contributed by atoms with Gasteiger partial charge < -0.3 is 5.32 Å². The fraction of sp³-hybridized carbons (Fsp3) is 0.400. The molecule has 0 aromatic carbocycles. The van der Waals surface area contributed by atoms with Crippen molar-refractivity contribution in [3.05, 3.63) is 47.5 Å². The normalized spacial score (nSPS) is 19.6. The SMILES string of the molecule is Cc1c(C(=O)NCc2ccncc2)cnn1C1CCS(=O)(=O)C1. The Morgan fingerprint density at radius 3 is 2.78 bits per heavy atom. The quantitative estimate of drug-likeness (QED) is 0.895. The van der Waals surface area contributed by atoms with Gasteiger partial charge in [-0.1, -0.05) is 0 Å². The molecule has 3 heterocycles. The van der Waals surface area contributed by atoms with Gasteiger partial charge in [0, 0.05) is 24.6 Å². The summed E-state index contributed by atoms with van der Waals surface area (Å²) >= 11 is 0. The molecule has 2 aromatic rings. The van der Waals surface area contributed by atoms with E-state index in [0.717, 1.165) is 5.56 Å². The van der Waals surface area contributed by atoms with Gasteiger partial charge >= 0.3 is 0 Å². The third-order valence-corrected chi connectivity index (χ3v) is 5.80. The second-order valence-electron chi connectivity index (χ2n) is 5.68. The number of amides is 1. The fourth-order valence-electron chi connectivity index (χ4n) is 2.76. The number of pyridine rings is 1. The third-order valence-electron chi connectivity index (χ3n) is 4.05.